The fourth-order valence-electron chi connectivity index (χ4n) is 5.03. The quantitative estimate of drug-likeness (QED) is 0.487. The number of carbonyl (C=O) groups excluding carboxylic acids is 1. The number of likely N-dealkylation sites (tertiary alicyclic amines) is 1. The molecule has 0 aromatic heterocycles. The Hall–Kier alpha value is -2.52. The van der Waals surface area contributed by atoms with Crippen molar-refractivity contribution in [1.29, 1.82) is 0 Å². The molecule has 2 N–H and O–H groups in total. The summed E-state index contributed by atoms with van der Waals surface area (Å²) in [7, 11) is 1.64. The molecule has 0 unspecified atom stereocenters. The van der Waals surface area contributed by atoms with E-state index in [0.717, 1.165) is 50.3 Å². The molecule has 204 valence electrons. The number of aliphatic carboxylic acids is 1. The lowest BCUT2D eigenvalue weighted by Gasteiger charge is -2.42. The van der Waals surface area contributed by atoms with Crippen LogP contribution in [0.4, 0.5) is 0 Å². The van der Waals surface area contributed by atoms with E-state index in [9.17, 15) is 9.59 Å². The highest BCUT2D eigenvalue weighted by Crippen LogP contribution is 2.26. The van der Waals surface area contributed by atoms with Crippen molar-refractivity contribution >= 4 is 36.7 Å². The molecular formula is C27H37Cl2N3O5. The van der Waals surface area contributed by atoms with Crippen molar-refractivity contribution in [1.82, 2.24) is 15.1 Å². The smallest absolute Gasteiger partial charge is 0.341 e. The van der Waals surface area contributed by atoms with Crippen LogP contribution in [0.1, 0.15) is 41.6 Å². The summed E-state index contributed by atoms with van der Waals surface area (Å²) < 4.78 is 10.5. The molecule has 8 nitrogen and oxygen atoms in total. The summed E-state index contributed by atoms with van der Waals surface area (Å²) in [6, 6.07) is 15.4. The highest BCUT2D eigenvalue weighted by molar-refractivity contribution is 5.94. The first kappa shape index (κ1) is 30.7. The molecule has 2 fully saturated rings. The van der Waals surface area contributed by atoms with Crippen LogP contribution in [0.2, 0.25) is 0 Å². The van der Waals surface area contributed by atoms with Crippen molar-refractivity contribution in [2.24, 2.45) is 0 Å². The zero-order chi connectivity index (χ0) is 24.6. The van der Waals surface area contributed by atoms with Crippen LogP contribution in [-0.4, -0.2) is 78.8 Å². The Kier molecular flexibility index (Phi) is 12.5. The van der Waals surface area contributed by atoms with Crippen molar-refractivity contribution < 1.29 is 24.2 Å². The van der Waals surface area contributed by atoms with Crippen molar-refractivity contribution in [3.63, 3.8) is 0 Å². The van der Waals surface area contributed by atoms with Crippen LogP contribution in [-0.2, 0) is 11.3 Å². The third-order valence-electron chi connectivity index (χ3n) is 7.00. The van der Waals surface area contributed by atoms with Crippen LogP contribution >= 0.6 is 24.8 Å². The van der Waals surface area contributed by atoms with Crippen molar-refractivity contribution in [3.05, 3.63) is 59.7 Å². The molecule has 0 atom stereocenters. The van der Waals surface area contributed by atoms with Crippen LogP contribution < -0.4 is 14.8 Å². The van der Waals surface area contributed by atoms with Crippen LogP contribution in [0.25, 0.3) is 0 Å². The Labute approximate surface area is 231 Å². The molecule has 1 amide bonds. The number of nitrogens with one attached hydrogen (secondary N) is 1. The first-order valence-corrected chi connectivity index (χ1v) is 12.4. The van der Waals surface area contributed by atoms with E-state index in [1.807, 2.05) is 29.2 Å². The minimum absolute atomic E-state index is 0. The molecule has 2 aliphatic heterocycles. The van der Waals surface area contributed by atoms with Crippen molar-refractivity contribution in [3.8, 4) is 11.5 Å². The van der Waals surface area contributed by atoms with Gasteiger partial charge >= 0.3 is 5.97 Å². The van der Waals surface area contributed by atoms with Gasteiger partial charge in [0.1, 0.15) is 11.5 Å². The van der Waals surface area contributed by atoms with Crippen molar-refractivity contribution in [2.75, 3.05) is 39.9 Å². The molecule has 0 saturated carbocycles. The van der Waals surface area contributed by atoms with E-state index in [0.29, 0.717) is 23.9 Å². The zero-order valence-corrected chi connectivity index (χ0v) is 22.8. The number of amides is 1. The molecule has 2 aromatic rings. The number of nitrogens with zero attached hydrogens (tertiary/aromatic N) is 2. The topological polar surface area (TPSA) is 91.3 Å². The highest BCUT2D eigenvalue weighted by Gasteiger charge is 2.31. The van der Waals surface area contributed by atoms with E-state index in [-0.39, 0.29) is 36.8 Å². The van der Waals surface area contributed by atoms with E-state index in [1.54, 1.807) is 31.4 Å². The SMILES string of the molecule is COc1ccc(CN(C(=O)c2ccc(OCC(=O)O)cc2)C2CCN(C3CCNCC3)CC2)cc1.Cl.Cl. The highest BCUT2D eigenvalue weighted by atomic mass is 35.5. The number of rotatable bonds is 9. The van der Waals surface area contributed by atoms with Crippen molar-refractivity contribution in [2.45, 2.75) is 44.3 Å². The zero-order valence-electron chi connectivity index (χ0n) is 21.1. The first-order valence-electron chi connectivity index (χ1n) is 12.4. The Morgan fingerprint density at radius 3 is 2.11 bits per heavy atom. The summed E-state index contributed by atoms with van der Waals surface area (Å²) in [5.74, 6) is 0.164. The molecule has 4 rings (SSSR count). The lowest BCUT2D eigenvalue weighted by atomic mass is 9.96. The fraction of sp³-hybridized carbons (Fsp3) is 0.481. The number of methoxy groups -OCH3 is 1. The van der Waals surface area contributed by atoms with Crippen LogP contribution in [0, 0.1) is 0 Å². The van der Waals surface area contributed by atoms with E-state index in [1.165, 1.54) is 12.8 Å². The van der Waals surface area contributed by atoms with E-state index < -0.39 is 12.6 Å². The van der Waals surface area contributed by atoms with E-state index in [4.69, 9.17) is 14.6 Å². The van der Waals surface area contributed by atoms with Gasteiger partial charge in [-0.05, 0) is 80.7 Å². The molecule has 2 aromatic carbocycles. The van der Waals surface area contributed by atoms with E-state index >= 15 is 0 Å². The molecule has 0 aliphatic carbocycles. The average molecular weight is 555 g/mol. The molecule has 2 heterocycles. The summed E-state index contributed by atoms with van der Waals surface area (Å²) >= 11 is 0. The summed E-state index contributed by atoms with van der Waals surface area (Å²) in [6.45, 7) is 4.29. The largest absolute Gasteiger partial charge is 0.497 e. The van der Waals surface area contributed by atoms with Gasteiger partial charge in [0.05, 0.1) is 7.11 Å². The van der Waals surface area contributed by atoms with Gasteiger partial charge in [0.2, 0.25) is 0 Å². The Morgan fingerprint density at radius 2 is 1.54 bits per heavy atom. The third-order valence-corrected chi connectivity index (χ3v) is 7.00. The predicted octanol–water partition coefficient (Wildman–Crippen LogP) is 3.86. The molecule has 2 saturated heterocycles. The van der Waals surface area contributed by atoms with Gasteiger partial charge in [-0.3, -0.25) is 4.79 Å². The Bertz CT molecular complexity index is 977. The fourth-order valence-corrected chi connectivity index (χ4v) is 5.03. The number of carboxylic acid groups (broad SMARTS) is 1. The first-order chi connectivity index (χ1) is 17.0. The number of carboxylic acids is 1. The minimum atomic E-state index is -1.04. The number of carbonyl (C=O) groups is 2. The second-order valence-corrected chi connectivity index (χ2v) is 9.24. The van der Waals surface area contributed by atoms with Gasteiger partial charge in [-0.2, -0.15) is 0 Å². The number of hydrogen-bond acceptors (Lipinski definition) is 6. The summed E-state index contributed by atoms with van der Waals surface area (Å²) in [4.78, 5) is 29.0. The summed E-state index contributed by atoms with van der Waals surface area (Å²) in [6.07, 6.45) is 4.28. The van der Waals surface area contributed by atoms with Gasteiger partial charge in [-0.25, -0.2) is 4.79 Å². The number of hydrogen-bond donors (Lipinski definition) is 2. The molecule has 2 aliphatic rings. The Morgan fingerprint density at radius 1 is 0.946 bits per heavy atom. The minimum Gasteiger partial charge on any atom is -0.497 e. The van der Waals surface area contributed by atoms with Gasteiger partial charge < -0.3 is 29.7 Å². The van der Waals surface area contributed by atoms with Gasteiger partial charge in [-0.15, -0.1) is 24.8 Å². The number of halogens is 2. The molecule has 0 bridgehead atoms. The van der Waals surface area contributed by atoms with Crippen LogP contribution in [0.5, 0.6) is 11.5 Å². The maximum absolute atomic E-state index is 13.7. The molecule has 0 spiro atoms. The second-order valence-electron chi connectivity index (χ2n) is 9.24. The normalized spacial score (nSPS) is 16.7. The second kappa shape index (κ2) is 15.0. The third kappa shape index (κ3) is 8.50. The molecular weight excluding hydrogens is 517 g/mol. The molecule has 0 radical (unpaired) electrons. The number of ether oxygens (including phenoxy) is 2. The van der Waals surface area contributed by atoms with Gasteiger partial charge in [0.25, 0.3) is 5.91 Å². The predicted molar refractivity (Wildman–Crippen MR) is 147 cm³/mol. The molecule has 37 heavy (non-hydrogen) atoms. The monoisotopic (exact) mass is 553 g/mol. The Balaban J connectivity index is 0.00000241. The number of piperidine rings is 2. The maximum atomic E-state index is 13.7. The molecule has 10 heteroatoms. The van der Waals surface area contributed by atoms with Gasteiger partial charge in [0, 0.05) is 37.3 Å². The van der Waals surface area contributed by atoms with Gasteiger partial charge in [-0.1, -0.05) is 12.1 Å². The standard InChI is InChI=1S/C27H35N3O5.2ClH/c1-34-24-6-2-20(3-7-24)18-30(23-12-16-29(17-13-23)22-10-14-28-15-11-22)27(33)21-4-8-25(9-5-21)35-19-26(31)32;;/h2-9,22-23,28H,10-19H2,1H3,(H,31,32);2*1H. The number of benzene rings is 2. The maximum Gasteiger partial charge on any atom is 0.341 e. The van der Waals surface area contributed by atoms with E-state index in [2.05, 4.69) is 10.2 Å². The average Bonchev–Trinajstić information content (AvgIpc) is 2.91. The van der Waals surface area contributed by atoms with Crippen LogP contribution in [0.3, 0.4) is 0 Å². The summed E-state index contributed by atoms with van der Waals surface area (Å²) in [5, 5.41) is 12.2. The van der Waals surface area contributed by atoms with Gasteiger partial charge in [0.15, 0.2) is 6.61 Å². The van der Waals surface area contributed by atoms with Crippen LogP contribution in [0.15, 0.2) is 48.5 Å². The lowest BCUT2D eigenvalue weighted by Crippen LogP contribution is -2.51. The lowest BCUT2D eigenvalue weighted by molar-refractivity contribution is -0.139. The summed E-state index contributed by atoms with van der Waals surface area (Å²) in [5.41, 5.74) is 1.63.